The Labute approximate surface area is 99.8 Å². The number of rotatable bonds is 1. The summed E-state index contributed by atoms with van der Waals surface area (Å²) in [6, 6.07) is 9.27. The predicted molar refractivity (Wildman–Crippen MR) is 66.2 cm³/mol. The third-order valence-electron chi connectivity index (χ3n) is 2.13. The van der Waals surface area contributed by atoms with Crippen LogP contribution in [0.1, 0.15) is 0 Å². The van der Waals surface area contributed by atoms with Crippen molar-refractivity contribution in [3.63, 3.8) is 0 Å². The second-order valence-electron chi connectivity index (χ2n) is 3.17. The number of aromatic nitrogens is 2. The molecule has 82 valence electrons. The van der Waals surface area contributed by atoms with Gasteiger partial charge in [-0.15, -0.1) is 0 Å². The van der Waals surface area contributed by atoms with Gasteiger partial charge in [-0.2, -0.15) is 4.68 Å². The molecule has 5 nitrogen and oxygen atoms in total. The molecule has 0 radical (unpaired) electrons. The van der Waals surface area contributed by atoms with Crippen LogP contribution in [0.15, 0.2) is 39.6 Å². The smallest absolute Gasteiger partial charge is 0.288 e. The van der Waals surface area contributed by atoms with Crippen molar-refractivity contribution in [2.24, 2.45) is 0 Å². The zero-order valence-electron chi connectivity index (χ0n) is 8.22. The predicted octanol–water partition coefficient (Wildman–Crippen LogP) is 0.969. The Hall–Kier alpha value is -1.82. The molecule has 0 bridgehead atoms. The fourth-order valence-electron chi connectivity index (χ4n) is 1.32. The molecule has 0 atom stereocenters. The highest BCUT2D eigenvalue weighted by molar-refractivity contribution is 9.10. The lowest BCUT2D eigenvalue weighted by atomic mass is 10.1. The molecule has 1 aromatic heterocycles. The molecule has 2 rings (SSSR count). The van der Waals surface area contributed by atoms with E-state index in [1.165, 1.54) is 0 Å². The van der Waals surface area contributed by atoms with E-state index in [0.717, 1.165) is 10.2 Å². The van der Waals surface area contributed by atoms with Gasteiger partial charge >= 0.3 is 0 Å². The Morgan fingerprint density at radius 1 is 1.25 bits per heavy atom. The summed E-state index contributed by atoms with van der Waals surface area (Å²) in [6.45, 7) is 0. The topological polar surface area (TPSA) is 86.9 Å². The monoisotopic (exact) mass is 280 g/mol. The molecule has 1 heterocycles. The molecule has 0 saturated heterocycles. The van der Waals surface area contributed by atoms with Crippen LogP contribution in [0.25, 0.3) is 11.3 Å². The molecule has 0 aliphatic carbocycles. The van der Waals surface area contributed by atoms with E-state index < -0.39 is 5.56 Å². The normalized spacial score (nSPS) is 10.3. The molecule has 0 spiro atoms. The lowest BCUT2D eigenvalue weighted by Crippen LogP contribution is -2.31. The van der Waals surface area contributed by atoms with E-state index in [0.29, 0.717) is 10.2 Å². The fourth-order valence-corrected chi connectivity index (χ4v) is 1.82. The number of halogens is 1. The van der Waals surface area contributed by atoms with Crippen LogP contribution in [-0.2, 0) is 0 Å². The molecule has 6 heteroatoms. The van der Waals surface area contributed by atoms with E-state index in [9.17, 15) is 4.79 Å². The summed E-state index contributed by atoms with van der Waals surface area (Å²) in [5, 5.41) is 0. The van der Waals surface area contributed by atoms with Gasteiger partial charge in [0, 0.05) is 5.56 Å². The van der Waals surface area contributed by atoms with Crippen molar-refractivity contribution in [3.8, 4) is 11.3 Å². The van der Waals surface area contributed by atoms with Crippen LogP contribution in [0.5, 0.6) is 0 Å². The Morgan fingerprint density at radius 2 is 1.88 bits per heavy atom. The van der Waals surface area contributed by atoms with Gasteiger partial charge < -0.3 is 11.6 Å². The molecule has 0 saturated carbocycles. The second-order valence-corrected chi connectivity index (χ2v) is 3.97. The van der Waals surface area contributed by atoms with E-state index in [1.807, 2.05) is 30.3 Å². The van der Waals surface area contributed by atoms with Gasteiger partial charge in [-0.05, 0) is 15.9 Å². The average Bonchev–Trinajstić information content (AvgIpc) is 2.32. The minimum atomic E-state index is -0.411. The molecule has 1 aromatic carbocycles. The van der Waals surface area contributed by atoms with Crippen LogP contribution in [0.3, 0.4) is 0 Å². The number of hydrogen-bond donors (Lipinski definition) is 2. The van der Waals surface area contributed by atoms with Gasteiger partial charge in [-0.3, -0.25) is 4.79 Å². The molecule has 0 aliphatic heterocycles. The summed E-state index contributed by atoms with van der Waals surface area (Å²) in [4.78, 5) is 15.7. The van der Waals surface area contributed by atoms with Crippen molar-refractivity contribution in [1.82, 2.24) is 9.66 Å². The minimum absolute atomic E-state index is 0.0212. The lowest BCUT2D eigenvalue weighted by molar-refractivity contribution is 0.903. The molecule has 0 unspecified atom stereocenters. The summed E-state index contributed by atoms with van der Waals surface area (Å²) in [5.41, 5.74) is 6.42. The van der Waals surface area contributed by atoms with Crippen LogP contribution in [-0.4, -0.2) is 9.66 Å². The van der Waals surface area contributed by atoms with E-state index in [2.05, 4.69) is 20.9 Å². The van der Waals surface area contributed by atoms with Gasteiger partial charge in [-0.1, -0.05) is 30.3 Å². The third kappa shape index (κ3) is 1.67. The highest BCUT2D eigenvalue weighted by Crippen LogP contribution is 2.23. The number of nitrogens with two attached hydrogens (primary N) is 2. The fraction of sp³-hybridized carbons (Fsp3) is 0. The number of anilines is 1. The van der Waals surface area contributed by atoms with Crippen LogP contribution in [0, 0.1) is 0 Å². The molecule has 0 fully saturated rings. The molecule has 16 heavy (non-hydrogen) atoms. The first-order valence-electron chi connectivity index (χ1n) is 4.50. The number of benzene rings is 1. The van der Waals surface area contributed by atoms with E-state index in [1.54, 1.807) is 0 Å². The maximum Gasteiger partial charge on any atom is 0.288 e. The van der Waals surface area contributed by atoms with Gasteiger partial charge in [0.05, 0.1) is 5.69 Å². The SMILES string of the molecule is Nc1nc(-c2ccccc2)c(Br)c(=O)n1N. The van der Waals surface area contributed by atoms with Gasteiger partial charge in [0.2, 0.25) is 5.95 Å². The first-order valence-corrected chi connectivity index (χ1v) is 5.29. The quantitative estimate of drug-likeness (QED) is 0.762. The maximum absolute atomic E-state index is 11.7. The number of nitrogens with zero attached hydrogens (tertiary/aromatic N) is 2. The van der Waals surface area contributed by atoms with Crippen molar-refractivity contribution < 1.29 is 0 Å². The first kappa shape index (κ1) is 10.7. The number of nitrogen functional groups attached to an aromatic ring is 2. The van der Waals surface area contributed by atoms with Crippen molar-refractivity contribution in [1.29, 1.82) is 0 Å². The van der Waals surface area contributed by atoms with E-state index >= 15 is 0 Å². The van der Waals surface area contributed by atoms with Crippen LogP contribution in [0.4, 0.5) is 5.95 Å². The van der Waals surface area contributed by atoms with Crippen molar-refractivity contribution >= 4 is 21.9 Å². The summed E-state index contributed by atoms with van der Waals surface area (Å²) in [5.74, 6) is 5.40. The first-order chi connectivity index (χ1) is 7.61. The molecule has 4 N–H and O–H groups in total. The molecule has 2 aromatic rings. The molecular weight excluding hydrogens is 272 g/mol. The van der Waals surface area contributed by atoms with Crippen molar-refractivity contribution in [3.05, 3.63) is 45.2 Å². The van der Waals surface area contributed by atoms with Gasteiger partial charge in [-0.25, -0.2) is 4.98 Å². The highest BCUT2D eigenvalue weighted by atomic mass is 79.9. The zero-order valence-corrected chi connectivity index (χ0v) is 9.81. The van der Waals surface area contributed by atoms with Gasteiger partial charge in [0.25, 0.3) is 5.56 Å². The standard InChI is InChI=1S/C10H9BrN4O/c11-7-8(6-4-2-1-3-5-6)14-10(12)15(13)9(7)16/h1-5H,13H2,(H2,12,14). The van der Waals surface area contributed by atoms with Crippen LogP contribution in [0.2, 0.25) is 0 Å². The highest BCUT2D eigenvalue weighted by Gasteiger charge is 2.12. The van der Waals surface area contributed by atoms with Crippen LogP contribution < -0.4 is 17.1 Å². The Morgan fingerprint density at radius 3 is 2.50 bits per heavy atom. The molecular formula is C10H9BrN4O. The summed E-state index contributed by atoms with van der Waals surface area (Å²) in [7, 11) is 0. The van der Waals surface area contributed by atoms with E-state index in [-0.39, 0.29) is 5.95 Å². The minimum Gasteiger partial charge on any atom is -0.368 e. The molecule has 0 aliphatic rings. The Kier molecular flexibility index (Phi) is 2.66. The summed E-state index contributed by atoms with van der Waals surface area (Å²) >= 11 is 3.17. The van der Waals surface area contributed by atoms with Crippen molar-refractivity contribution in [2.45, 2.75) is 0 Å². The Balaban J connectivity index is 2.73. The van der Waals surface area contributed by atoms with Crippen molar-refractivity contribution in [2.75, 3.05) is 11.6 Å². The second kappa shape index (κ2) is 3.97. The van der Waals surface area contributed by atoms with E-state index in [4.69, 9.17) is 11.6 Å². The largest absolute Gasteiger partial charge is 0.368 e. The maximum atomic E-state index is 11.7. The molecule has 0 amide bonds. The summed E-state index contributed by atoms with van der Waals surface area (Å²) < 4.78 is 1.10. The van der Waals surface area contributed by atoms with Crippen LogP contribution >= 0.6 is 15.9 Å². The zero-order chi connectivity index (χ0) is 11.7. The van der Waals surface area contributed by atoms with Gasteiger partial charge in [0.1, 0.15) is 4.47 Å². The lowest BCUT2D eigenvalue weighted by Gasteiger charge is -2.07. The third-order valence-corrected chi connectivity index (χ3v) is 2.85. The number of hydrogen-bond acceptors (Lipinski definition) is 4. The Bertz CT molecular complexity index is 579. The average molecular weight is 281 g/mol. The van der Waals surface area contributed by atoms with Gasteiger partial charge in [0.15, 0.2) is 0 Å². The summed E-state index contributed by atoms with van der Waals surface area (Å²) in [6.07, 6.45) is 0.